The Morgan fingerprint density at radius 1 is 0.781 bits per heavy atom. The van der Waals surface area contributed by atoms with E-state index < -0.39 is 33.3 Å². The summed E-state index contributed by atoms with van der Waals surface area (Å²) in [7, 11) is -2.86. The minimum absolute atomic E-state index is 0.0245. The lowest BCUT2D eigenvalue weighted by atomic mass is 9.80. The largest absolute Gasteiger partial charge is 0.456 e. The first-order valence-corrected chi connectivity index (χ1v) is 26.5. The van der Waals surface area contributed by atoms with Crippen LogP contribution in [0.2, 0.25) is 0 Å². The van der Waals surface area contributed by atoms with Gasteiger partial charge in [0, 0.05) is 85.5 Å². The van der Waals surface area contributed by atoms with Gasteiger partial charge in [-0.2, -0.15) is 13.0 Å². The lowest BCUT2D eigenvalue weighted by Crippen LogP contribution is -2.47. The lowest BCUT2D eigenvalue weighted by molar-refractivity contribution is -0.438. The highest BCUT2D eigenvalue weighted by Gasteiger charge is 2.46. The van der Waals surface area contributed by atoms with E-state index in [0.29, 0.717) is 122 Å². The van der Waals surface area contributed by atoms with Crippen LogP contribution in [0.15, 0.2) is 83.8 Å². The second-order valence-electron chi connectivity index (χ2n) is 19.3. The molecule has 0 aliphatic carbocycles. The molecule has 0 atom stereocenters. The van der Waals surface area contributed by atoms with E-state index in [9.17, 15) is 27.4 Å². The maximum Gasteiger partial charge on any atom is 0.333 e. The molecule has 3 aromatic rings. The number of methoxy groups -OCH3 is 1. The van der Waals surface area contributed by atoms with Crippen LogP contribution in [0, 0.1) is 0 Å². The highest BCUT2D eigenvalue weighted by atomic mass is 32.2. The third kappa shape index (κ3) is 14.0. The van der Waals surface area contributed by atoms with E-state index >= 15 is 0 Å². The number of fused-ring (bicyclic) bond motifs is 3. The summed E-state index contributed by atoms with van der Waals surface area (Å²) in [5.41, 5.74) is 7.19. The van der Waals surface area contributed by atoms with Crippen molar-refractivity contribution in [2.75, 3.05) is 97.8 Å². The number of allylic oxidation sites excluding steroid dienone is 4. The van der Waals surface area contributed by atoms with E-state index in [1.54, 1.807) is 19.2 Å². The molecule has 0 bridgehead atoms. The molecule has 4 aliphatic rings. The third-order valence-corrected chi connectivity index (χ3v) is 14.1. The monoisotopic (exact) mass is 1030 g/mol. The summed E-state index contributed by atoms with van der Waals surface area (Å²) in [6, 6.07) is 18.9. The van der Waals surface area contributed by atoms with Gasteiger partial charge in [-0.1, -0.05) is 36.4 Å². The number of hydrogen-bond donors (Lipinski definition) is 1. The smallest absolute Gasteiger partial charge is 0.333 e. The van der Waals surface area contributed by atoms with Gasteiger partial charge in [0.2, 0.25) is 5.69 Å². The van der Waals surface area contributed by atoms with Crippen LogP contribution in [0.1, 0.15) is 95.4 Å². The Morgan fingerprint density at radius 2 is 1.40 bits per heavy atom. The summed E-state index contributed by atoms with van der Waals surface area (Å²) in [4.78, 5) is 43.8. The summed E-state index contributed by atoms with van der Waals surface area (Å²) in [6.45, 7) is 17.0. The fraction of sp³-hybridized carbons (Fsp3) is 0.491. The fourth-order valence-electron chi connectivity index (χ4n) is 9.52. The molecule has 17 nitrogen and oxygen atoms in total. The molecule has 4 aliphatic heterocycles. The number of anilines is 1. The van der Waals surface area contributed by atoms with E-state index in [4.69, 9.17) is 38.0 Å². The number of carbonyl (C=O) groups is 3. The normalized spacial score (nSPS) is 17.4. The van der Waals surface area contributed by atoms with Gasteiger partial charge in [0.15, 0.2) is 5.71 Å². The molecule has 1 saturated heterocycles. The van der Waals surface area contributed by atoms with E-state index in [-0.39, 0.29) is 29.7 Å². The molecule has 0 spiro atoms. The SMILES string of the molecule is COCCOCCOCCOCCOCCOCCN1c2cc3c(cc2C(C)=CC1(C)C)/C(=C/C1=[N+](CCCCCC(=O)ON2C(=O)CCC2=O)c2ccc(S(=O)(=O)O)cc2C1(C)C)C=C(c1ccccc1)O3. The van der Waals surface area contributed by atoms with Crippen molar-refractivity contribution < 1.29 is 69.9 Å². The lowest BCUT2D eigenvalue weighted by Gasteiger charge is -2.44. The predicted octanol–water partition coefficient (Wildman–Crippen LogP) is 7.73. The number of amides is 2. The van der Waals surface area contributed by atoms with Crippen molar-refractivity contribution in [1.82, 2.24) is 5.06 Å². The molecule has 73 heavy (non-hydrogen) atoms. The Bertz CT molecular complexity index is 2690. The van der Waals surface area contributed by atoms with Gasteiger partial charge in [-0.3, -0.25) is 14.1 Å². The minimum atomic E-state index is -4.50. The molecule has 0 saturated carbocycles. The van der Waals surface area contributed by atoms with E-state index in [2.05, 4.69) is 54.5 Å². The second-order valence-corrected chi connectivity index (χ2v) is 20.7. The Balaban J connectivity index is 1.08. The van der Waals surface area contributed by atoms with Gasteiger partial charge in [0.1, 0.15) is 18.1 Å². The molecule has 18 heteroatoms. The van der Waals surface area contributed by atoms with Crippen LogP contribution < -0.4 is 9.64 Å². The Hall–Kier alpha value is -5.57. The highest BCUT2D eigenvalue weighted by molar-refractivity contribution is 7.85. The molecule has 0 radical (unpaired) electrons. The number of unbranched alkanes of at least 4 members (excludes halogenated alkanes) is 2. The summed E-state index contributed by atoms with van der Waals surface area (Å²) < 4.78 is 77.4. The van der Waals surface area contributed by atoms with Crippen LogP contribution in [0.25, 0.3) is 16.9 Å². The third-order valence-electron chi connectivity index (χ3n) is 13.2. The van der Waals surface area contributed by atoms with Crippen molar-refractivity contribution in [2.24, 2.45) is 0 Å². The van der Waals surface area contributed by atoms with Gasteiger partial charge in [-0.15, -0.1) is 5.06 Å². The van der Waals surface area contributed by atoms with Gasteiger partial charge in [0.25, 0.3) is 21.9 Å². The molecule has 1 N–H and O–H groups in total. The molecule has 0 unspecified atom stereocenters. The standard InChI is InChI=1S/C55H69N3O14S/c1-39-38-54(2,3)57(21-22-66-25-26-68-29-30-70-32-31-69-28-27-67-24-23-65-6)47-37-49-44(36-43(39)47)41(33-48(71-49)40-13-9-7-10-14-40)34-50-55(4,5)45-35-42(73(62,63)64)16-17-46(45)56(50)20-12-8-11-15-53(61)72-58-51(59)18-19-52(58)60/h7,9-10,13-14,16-17,33-38H,8,11-12,15,18-32H2,1-6H3/p+1. The van der Waals surface area contributed by atoms with Gasteiger partial charge >= 0.3 is 5.97 Å². The van der Waals surface area contributed by atoms with Gasteiger partial charge < -0.3 is 42.9 Å². The molecule has 1 fully saturated rings. The van der Waals surface area contributed by atoms with Crippen molar-refractivity contribution in [2.45, 2.75) is 89.0 Å². The van der Waals surface area contributed by atoms with Crippen LogP contribution >= 0.6 is 0 Å². The van der Waals surface area contributed by atoms with Gasteiger partial charge in [0.05, 0.1) is 88.5 Å². The maximum absolute atomic E-state index is 12.6. The average molecular weight is 1030 g/mol. The number of benzene rings is 3. The van der Waals surface area contributed by atoms with Crippen LogP contribution in [-0.4, -0.2) is 145 Å². The number of hydrogen-bond acceptors (Lipinski definition) is 14. The van der Waals surface area contributed by atoms with Crippen molar-refractivity contribution in [3.8, 4) is 5.75 Å². The van der Waals surface area contributed by atoms with Gasteiger partial charge in [-0.25, -0.2) is 4.79 Å². The molecular formula is C55H70N3O14S+. The van der Waals surface area contributed by atoms with E-state index in [1.165, 1.54) is 6.07 Å². The number of hydroxylamine groups is 2. The zero-order valence-corrected chi connectivity index (χ0v) is 43.8. The molecule has 394 valence electrons. The zero-order valence-electron chi connectivity index (χ0n) is 42.9. The Morgan fingerprint density at radius 3 is 2.01 bits per heavy atom. The number of nitrogens with zero attached hydrogens (tertiary/aromatic N) is 3. The first kappa shape index (κ1) is 55.2. The predicted molar refractivity (Wildman–Crippen MR) is 275 cm³/mol. The quantitative estimate of drug-likeness (QED) is 0.0322. The van der Waals surface area contributed by atoms with Crippen molar-refractivity contribution in [1.29, 1.82) is 0 Å². The molecule has 7 rings (SSSR count). The number of imide groups is 1. The first-order chi connectivity index (χ1) is 35.0. The van der Waals surface area contributed by atoms with E-state index in [1.807, 2.05) is 50.3 Å². The average Bonchev–Trinajstić information content (AvgIpc) is 3.78. The molecular weight excluding hydrogens is 959 g/mol. The summed E-state index contributed by atoms with van der Waals surface area (Å²) in [5.74, 6) is -0.353. The second kappa shape index (κ2) is 25.1. The number of ether oxygens (including phenoxy) is 7. The van der Waals surface area contributed by atoms with Gasteiger partial charge in [-0.05, 0) is 82.9 Å². The van der Waals surface area contributed by atoms with Crippen LogP contribution in [0.4, 0.5) is 11.4 Å². The Labute approximate surface area is 429 Å². The zero-order chi connectivity index (χ0) is 52.2. The van der Waals surface area contributed by atoms with Crippen molar-refractivity contribution in [3.05, 3.63) is 101 Å². The summed E-state index contributed by atoms with van der Waals surface area (Å²) >= 11 is 0. The molecule has 2 amide bonds. The van der Waals surface area contributed by atoms with Crippen molar-refractivity contribution >= 4 is 61.9 Å². The first-order valence-electron chi connectivity index (χ1n) is 25.0. The molecule has 3 aromatic carbocycles. The van der Waals surface area contributed by atoms with E-state index in [0.717, 1.165) is 50.5 Å². The number of carbonyl (C=O) groups excluding carboxylic acids is 3. The topological polar surface area (TPSA) is 189 Å². The van der Waals surface area contributed by atoms with Crippen LogP contribution in [0.3, 0.4) is 0 Å². The summed E-state index contributed by atoms with van der Waals surface area (Å²) in [5, 5.41) is 0.566. The maximum atomic E-state index is 12.6. The summed E-state index contributed by atoms with van der Waals surface area (Å²) in [6.07, 6.45) is 8.26. The fourth-order valence-corrected chi connectivity index (χ4v) is 10.0. The van der Waals surface area contributed by atoms with Crippen molar-refractivity contribution in [3.63, 3.8) is 0 Å². The highest BCUT2D eigenvalue weighted by Crippen LogP contribution is 2.48. The minimum Gasteiger partial charge on any atom is -0.456 e. The van der Waals surface area contributed by atoms with Crippen LogP contribution in [-0.2, 0) is 63.2 Å². The van der Waals surface area contributed by atoms with Crippen LogP contribution in [0.5, 0.6) is 5.75 Å². The number of rotatable bonds is 28. The molecule has 4 heterocycles. The Kier molecular flexibility index (Phi) is 19.0. The molecule has 0 aromatic heterocycles.